The molecule has 2 N–H and O–H groups in total. The zero-order valence-corrected chi connectivity index (χ0v) is 20.0. The third kappa shape index (κ3) is 5.88. The molecule has 4 aliphatic heterocycles. The van der Waals surface area contributed by atoms with Crippen LogP contribution in [0.4, 0.5) is 0 Å². The van der Waals surface area contributed by atoms with Crippen LogP contribution in [0.1, 0.15) is 42.5 Å². The van der Waals surface area contributed by atoms with E-state index in [0.717, 1.165) is 19.6 Å². The lowest BCUT2D eigenvalue weighted by atomic mass is 9.94. The van der Waals surface area contributed by atoms with E-state index >= 15 is 0 Å². The van der Waals surface area contributed by atoms with Gasteiger partial charge in [-0.05, 0) is 57.0 Å². The Morgan fingerprint density at radius 1 is 1.09 bits per heavy atom. The predicted molar refractivity (Wildman–Crippen MR) is 125 cm³/mol. The average Bonchev–Trinajstić information content (AvgIpc) is 3.53. The summed E-state index contributed by atoms with van der Waals surface area (Å²) in [5.74, 6) is 0.950. The van der Waals surface area contributed by atoms with Crippen molar-refractivity contribution in [2.45, 2.75) is 56.5 Å². The van der Waals surface area contributed by atoms with Crippen LogP contribution in [0.15, 0.2) is 18.2 Å². The number of hydrogen-bond donors (Lipinski definition) is 2. The minimum absolute atomic E-state index is 0.0110. The predicted octanol–water partition coefficient (Wildman–Crippen LogP) is 0.767. The number of nitrogens with zero attached hydrogens (tertiary/aromatic N) is 2. The Morgan fingerprint density at radius 2 is 1.91 bits per heavy atom. The van der Waals surface area contributed by atoms with E-state index in [0.29, 0.717) is 42.9 Å². The molecule has 1 aromatic carbocycles. The quantitative estimate of drug-likeness (QED) is 0.603. The highest BCUT2D eigenvalue weighted by molar-refractivity contribution is 5.95. The van der Waals surface area contributed by atoms with Crippen molar-refractivity contribution in [1.82, 2.24) is 15.1 Å². The van der Waals surface area contributed by atoms with E-state index < -0.39 is 6.10 Å². The molecule has 0 aromatic heterocycles. The van der Waals surface area contributed by atoms with Crippen LogP contribution in [-0.2, 0) is 14.3 Å². The highest BCUT2D eigenvalue weighted by Gasteiger charge is 2.40. The Morgan fingerprint density at radius 3 is 2.77 bits per heavy atom. The molecule has 0 radical (unpaired) electrons. The Hall–Kier alpha value is -2.40. The van der Waals surface area contributed by atoms with Crippen molar-refractivity contribution in [3.8, 4) is 11.5 Å². The number of aliphatic hydroxyl groups is 1. The number of ether oxygens (including phenoxy) is 4. The Balaban J connectivity index is 1.20. The third-order valence-corrected chi connectivity index (χ3v) is 7.22. The van der Waals surface area contributed by atoms with Gasteiger partial charge in [0.2, 0.25) is 12.7 Å². The smallest absolute Gasteiger partial charge is 0.254 e. The van der Waals surface area contributed by atoms with Crippen LogP contribution in [0.25, 0.3) is 0 Å². The molecule has 192 valence electrons. The molecule has 35 heavy (non-hydrogen) atoms. The number of carbonyl (C=O) groups excluding carboxylic acids is 2. The Labute approximate surface area is 205 Å². The van der Waals surface area contributed by atoms with E-state index in [2.05, 4.69) is 10.2 Å². The number of nitrogens with one attached hydrogen (secondary N) is 1. The molecular formula is C25H35N3O7. The van der Waals surface area contributed by atoms with Gasteiger partial charge < -0.3 is 39.2 Å². The topological polar surface area (TPSA) is 110 Å². The van der Waals surface area contributed by atoms with Crippen molar-refractivity contribution in [2.24, 2.45) is 0 Å². The van der Waals surface area contributed by atoms with Gasteiger partial charge >= 0.3 is 0 Å². The van der Waals surface area contributed by atoms with E-state index in [1.807, 2.05) is 0 Å². The minimum Gasteiger partial charge on any atom is -0.454 e. The van der Waals surface area contributed by atoms with Gasteiger partial charge in [0.05, 0.1) is 37.9 Å². The maximum atomic E-state index is 13.5. The van der Waals surface area contributed by atoms with Crippen molar-refractivity contribution in [3.63, 3.8) is 0 Å². The molecule has 0 bridgehead atoms. The minimum atomic E-state index is -0.784. The zero-order chi connectivity index (χ0) is 24.2. The normalized spacial score (nSPS) is 28.8. The maximum absolute atomic E-state index is 13.5. The van der Waals surface area contributed by atoms with Gasteiger partial charge in [0.15, 0.2) is 11.5 Å². The lowest BCUT2D eigenvalue weighted by Gasteiger charge is -2.44. The van der Waals surface area contributed by atoms with E-state index in [1.165, 1.54) is 12.8 Å². The molecule has 4 heterocycles. The van der Waals surface area contributed by atoms with Gasteiger partial charge in [-0.25, -0.2) is 0 Å². The fraction of sp³-hybridized carbons (Fsp3) is 0.680. The first kappa shape index (κ1) is 24.3. The van der Waals surface area contributed by atoms with Gasteiger partial charge in [-0.1, -0.05) is 0 Å². The molecule has 0 aliphatic carbocycles. The van der Waals surface area contributed by atoms with Crippen LogP contribution in [0.5, 0.6) is 11.5 Å². The van der Waals surface area contributed by atoms with Crippen LogP contribution in [0.2, 0.25) is 0 Å². The van der Waals surface area contributed by atoms with Crippen LogP contribution in [-0.4, -0.2) is 104 Å². The monoisotopic (exact) mass is 489 g/mol. The van der Waals surface area contributed by atoms with Crippen molar-refractivity contribution in [1.29, 1.82) is 0 Å². The Kier molecular flexibility index (Phi) is 7.72. The molecule has 5 rings (SSSR count). The molecule has 0 unspecified atom stereocenters. The molecule has 0 spiro atoms. The van der Waals surface area contributed by atoms with Crippen molar-refractivity contribution in [3.05, 3.63) is 23.8 Å². The molecule has 3 fully saturated rings. The number of likely N-dealkylation sites (tertiary alicyclic amines) is 1. The van der Waals surface area contributed by atoms with Gasteiger partial charge in [-0.3, -0.25) is 9.59 Å². The van der Waals surface area contributed by atoms with E-state index in [1.54, 1.807) is 23.1 Å². The van der Waals surface area contributed by atoms with Crippen molar-refractivity contribution >= 4 is 11.8 Å². The number of aliphatic hydroxyl groups excluding tert-OH is 1. The summed E-state index contributed by atoms with van der Waals surface area (Å²) in [7, 11) is 0. The van der Waals surface area contributed by atoms with Crippen LogP contribution < -0.4 is 14.8 Å². The second-order valence-electron chi connectivity index (χ2n) is 9.76. The molecule has 4 atom stereocenters. The maximum Gasteiger partial charge on any atom is 0.254 e. The lowest BCUT2D eigenvalue weighted by Crippen LogP contribution is -2.57. The molecule has 0 saturated carbocycles. The van der Waals surface area contributed by atoms with Crippen LogP contribution in [0, 0.1) is 0 Å². The van der Waals surface area contributed by atoms with Crippen molar-refractivity contribution in [2.75, 3.05) is 52.7 Å². The summed E-state index contributed by atoms with van der Waals surface area (Å²) in [6.07, 6.45) is 2.72. The van der Waals surface area contributed by atoms with Gasteiger partial charge in [-0.15, -0.1) is 0 Å². The van der Waals surface area contributed by atoms with Crippen LogP contribution >= 0.6 is 0 Å². The van der Waals surface area contributed by atoms with Gasteiger partial charge in [0.25, 0.3) is 5.91 Å². The number of β-amino-alcohol motifs (C(OH)–C–C–N with tert-alkyl or cyclic N) is 1. The number of fused-ring (bicyclic) bond motifs is 2. The first-order valence-electron chi connectivity index (χ1n) is 12.7. The lowest BCUT2D eigenvalue weighted by molar-refractivity contribution is -0.150. The summed E-state index contributed by atoms with van der Waals surface area (Å²) in [6.45, 7) is 4.43. The van der Waals surface area contributed by atoms with Crippen molar-refractivity contribution < 1.29 is 33.6 Å². The van der Waals surface area contributed by atoms with E-state index in [9.17, 15) is 14.7 Å². The number of benzene rings is 1. The highest BCUT2D eigenvalue weighted by Crippen LogP contribution is 2.34. The van der Waals surface area contributed by atoms with Gasteiger partial charge in [0, 0.05) is 25.2 Å². The molecule has 10 nitrogen and oxygen atoms in total. The molecule has 3 saturated heterocycles. The molecular weight excluding hydrogens is 454 g/mol. The second kappa shape index (κ2) is 11.1. The summed E-state index contributed by atoms with van der Waals surface area (Å²) in [5.41, 5.74) is 0.473. The summed E-state index contributed by atoms with van der Waals surface area (Å²) in [4.78, 5) is 30.1. The van der Waals surface area contributed by atoms with E-state index in [-0.39, 0.29) is 56.6 Å². The van der Waals surface area contributed by atoms with Gasteiger partial charge in [0.1, 0.15) is 6.10 Å². The standard InChI is InChI=1S/C25H35N3O7/c29-18-13-28(25(31)17-3-6-21-22(11-17)34-16-33-21)20-5-4-19(35-23(20)15-32-14-18)12-24(30)26-7-10-27-8-1-2-9-27/h3,6,11,18-20,23,29H,1-2,4-5,7-10,12-16H2,(H,26,30)/t18-,19-,20+,23-/m1/s1. The summed E-state index contributed by atoms with van der Waals surface area (Å²) < 4.78 is 22.7. The molecule has 1 aromatic rings. The van der Waals surface area contributed by atoms with E-state index in [4.69, 9.17) is 18.9 Å². The average molecular weight is 490 g/mol. The fourth-order valence-corrected chi connectivity index (χ4v) is 5.41. The fourth-order valence-electron chi connectivity index (χ4n) is 5.41. The highest BCUT2D eigenvalue weighted by atomic mass is 16.7. The molecule has 10 heteroatoms. The zero-order valence-electron chi connectivity index (χ0n) is 20.0. The number of amides is 2. The third-order valence-electron chi connectivity index (χ3n) is 7.22. The first-order chi connectivity index (χ1) is 17.1. The first-order valence-corrected chi connectivity index (χ1v) is 12.7. The summed E-state index contributed by atoms with van der Waals surface area (Å²) in [6, 6.07) is 4.87. The van der Waals surface area contributed by atoms with Crippen LogP contribution in [0.3, 0.4) is 0 Å². The summed E-state index contributed by atoms with van der Waals surface area (Å²) in [5, 5.41) is 13.4. The SMILES string of the molecule is O=C(C[C@H]1CC[C@H]2[C@@H](COC[C@H](O)CN2C(=O)c2ccc3c(c2)OCO3)O1)NCCN1CCCC1. The largest absolute Gasteiger partial charge is 0.454 e. The van der Waals surface area contributed by atoms with Gasteiger partial charge in [-0.2, -0.15) is 0 Å². The summed E-state index contributed by atoms with van der Waals surface area (Å²) >= 11 is 0. The molecule has 2 amide bonds. The molecule has 4 aliphatic rings. The number of hydrogen-bond acceptors (Lipinski definition) is 8. The second-order valence-corrected chi connectivity index (χ2v) is 9.76. The number of rotatable bonds is 6. The Bertz CT molecular complexity index is 907. The number of carbonyl (C=O) groups is 2.